The van der Waals surface area contributed by atoms with Gasteiger partial charge in [0.25, 0.3) is 0 Å². The highest BCUT2D eigenvalue weighted by Gasteiger charge is 2.16. The maximum absolute atomic E-state index is 5.16. The van der Waals surface area contributed by atoms with Crippen molar-refractivity contribution in [1.82, 2.24) is 15.4 Å². The number of aryl methyl sites for hydroxylation is 2. The van der Waals surface area contributed by atoms with Gasteiger partial charge in [-0.25, -0.2) is 0 Å². The maximum atomic E-state index is 5.16. The molecule has 0 saturated heterocycles. The standard InChI is InChI=1S/C12H16N4OS/c1-7(12-8(2)16-17-9(12)3)13-10-5-6-11(18-4)15-14-10/h5-7H,1-4H3,(H,13,14). The quantitative estimate of drug-likeness (QED) is 0.856. The van der Waals surface area contributed by atoms with E-state index in [0.717, 1.165) is 27.9 Å². The van der Waals surface area contributed by atoms with Crippen molar-refractivity contribution in [3.05, 3.63) is 29.2 Å². The lowest BCUT2D eigenvalue weighted by molar-refractivity contribution is 0.392. The molecule has 0 saturated carbocycles. The number of anilines is 1. The van der Waals surface area contributed by atoms with E-state index in [1.54, 1.807) is 11.8 Å². The van der Waals surface area contributed by atoms with Gasteiger partial charge in [0.05, 0.1) is 11.7 Å². The molecule has 0 radical (unpaired) electrons. The second-order valence-corrected chi connectivity index (χ2v) is 4.89. The van der Waals surface area contributed by atoms with Gasteiger partial charge >= 0.3 is 0 Å². The van der Waals surface area contributed by atoms with E-state index in [0.29, 0.717) is 0 Å². The molecule has 96 valence electrons. The summed E-state index contributed by atoms with van der Waals surface area (Å²) in [7, 11) is 0. The monoisotopic (exact) mass is 264 g/mol. The number of hydrogen-bond donors (Lipinski definition) is 1. The van der Waals surface area contributed by atoms with Crippen molar-refractivity contribution in [2.24, 2.45) is 0 Å². The van der Waals surface area contributed by atoms with E-state index in [4.69, 9.17) is 4.52 Å². The highest BCUT2D eigenvalue weighted by molar-refractivity contribution is 7.98. The first-order chi connectivity index (χ1) is 8.61. The molecule has 5 nitrogen and oxygen atoms in total. The van der Waals surface area contributed by atoms with Gasteiger partial charge in [-0.1, -0.05) is 5.16 Å². The largest absolute Gasteiger partial charge is 0.362 e. The van der Waals surface area contributed by atoms with E-state index < -0.39 is 0 Å². The first-order valence-corrected chi connectivity index (χ1v) is 6.91. The zero-order valence-electron chi connectivity index (χ0n) is 10.9. The molecule has 2 aromatic rings. The molecule has 0 aliphatic heterocycles. The molecule has 0 spiro atoms. The highest BCUT2D eigenvalue weighted by atomic mass is 32.2. The number of aromatic nitrogens is 3. The number of hydrogen-bond acceptors (Lipinski definition) is 6. The average Bonchev–Trinajstić information content (AvgIpc) is 2.70. The first-order valence-electron chi connectivity index (χ1n) is 5.69. The SMILES string of the molecule is CSc1ccc(NC(C)c2c(C)noc2C)nn1. The van der Waals surface area contributed by atoms with Crippen LogP contribution in [0.15, 0.2) is 21.7 Å². The Morgan fingerprint density at radius 1 is 1.28 bits per heavy atom. The molecule has 18 heavy (non-hydrogen) atoms. The van der Waals surface area contributed by atoms with Crippen molar-refractivity contribution in [3.8, 4) is 0 Å². The minimum atomic E-state index is 0.0886. The molecule has 0 aromatic carbocycles. The minimum Gasteiger partial charge on any atom is -0.362 e. The highest BCUT2D eigenvalue weighted by Crippen LogP contribution is 2.24. The van der Waals surface area contributed by atoms with Crippen LogP contribution >= 0.6 is 11.8 Å². The fourth-order valence-corrected chi connectivity index (χ4v) is 2.23. The third-order valence-corrected chi connectivity index (χ3v) is 3.37. The molecule has 0 aliphatic carbocycles. The van der Waals surface area contributed by atoms with Gasteiger partial charge in [-0.05, 0) is 39.2 Å². The van der Waals surface area contributed by atoms with E-state index in [-0.39, 0.29) is 6.04 Å². The Labute approximate surface area is 110 Å². The van der Waals surface area contributed by atoms with E-state index >= 15 is 0 Å². The predicted octanol–water partition coefficient (Wildman–Crippen LogP) is 2.98. The number of thioether (sulfide) groups is 1. The third-order valence-electron chi connectivity index (χ3n) is 2.74. The fraction of sp³-hybridized carbons (Fsp3) is 0.417. The van der Waals surface area contributed by atoms with Crippen LogP contribution in [0.2, 0.25) is 0 Å². The smallest absolute Gasteiger partial charge is 0.149 e. The lowest BCUT2D eigenvalue weighted by atomic mass is 10.1. The summed E-state index contributed by atoms with van der Waals surface area (Å²) in [5.74, 6) is 1.58. The Kier molecular flexibility index (Phi) is 3.86. The van der Waals surface area contributed by atoms with Crippen molar-refractivity contribution in [1.29, 1.82) is 0 Å². The molecule has 1 unspecified atom stereocenters. The molecular formula is C12H16N4OS. The van der Waals surface area contributed by atoms with Crippen LogP contribution in [0.3, 0.4) is 0 Å². The van der Waals surface area contributed by atoms with Crippen LogP contribution in [0.25, 0.3) is 0 Å². The summed E-state index contributed by atoms with van der Waals surface area (Å²) in [5.41, 5.74) is 1.98. The average molecular weight is 264 g/mol. The molecule has 1 N–H and O–H groups in total. The van der Waals surface area contributed by atoms with Crippen LogP contribution in [0.5, 0.6) is 0 Å². The minimum absolute atomic E-state index is 0.0886. The normalized spacial score (nSPS) is 12.4. The first kappa shape index (κ1) is 12.9. The molecule has 0 fully saturated rings. The van der Waals surface area contributed by atoms with Gasteiger partial charge in [-0.2, -0.15) is 0 Å². The van der Waals surface area contributed by atoms with Crippen molar-refractivity contribution in [3.63, 3.8) is 0 Å². The molecule has 0 bridgehead atoms. The number of nitrogens with zero attached hydrogens (tertiary/aromatic N) is 3. The van der Waals surface area contributed by atoms with E-state index in [1.165, 1.54) is 0 Å². The van der Waals surface area contributed by atoms with Gasteiger partial charge in [0, 0.05) is 5.56 Å². The molecule has 0 amide bonds. The molecule has 2 aromatic heterocycles. The second-order valence-electron chi connectivity index (χ2n) is 4.06. The third kappa shape index (κ3) is 2.64. The summed E-state index contributed by atoms with van der Waals surface area (Å²) in [6, 6.07) is 3.96. The van der Waals surface area contributed by atoms with Gasteiger partial charge in [0.2, 0.25) is 0 Å². The number of rotatable bonds is 4. The van der Waals surface area contributed by atoms with E-state index in [9.17, 15) is 0 Å². The maximum Gasteiger partial charge on any atom is 0.149 e. The Hall–Kier alpha value is -1.56. The van der Waals surface area contributed by atoms with Gasteiger partial charge in [0.1, 0.15) is 16.6 Å². The molecule has 6 heteroatoms. The van der Waals surface area contributed by atoms with Crippen molar-refractivity contribution in [2.45, 2.75) is 31.8 Å². The fourth-order valence-electron chi connectivity index (χ4n) is 1.91. The van der Waals surface area contributed by atoms with E-state index in [1.807, 2.05) is 32.2 Å². The number of nitrogens with one attached hydrogen (secondary N) is 1. The molecular weight excluding hydrogens is 248 g/mol. The van der Waals surface area contributed by atoms with Crippen LogP contribution < -0.4 is 5.32 Å². The van der Waals surface area contributed by atoms with Gasteiger partial charge in [-0.3, -0.25) is 0 Å². The van der Waals surface area contributed by atoms with Crippen LogP contribution in [0.4, 0.5) is 5.82 Å². The van der Waals surface area contributed by atoms with Gasteiger partial charge in [0.15, 0.2) is 0 Å². The van der Waals surface area contributed by atoms with Gasteiger partial charge < -0.3 is 9.84 Å². The summed E-state index contributed by atoms with van der Waals surface area (Å²) >= 11 is 1.57. The Morgan fingerprint density at radius 3 is 2.56 bits per heavy atom. The van der Waals surface area contributed by atoms with E-state index in [2.05, 4.69) is 27.6 Å². The zero-order chi connectivity index (χ0) is 13.1. The van der Waals surface area contributed by atoms with Crippen LogP contribution in [0.1, 0.15) is 30.0 Å². The van der Waals surface area contributed by atoms with Gasteiger partial charge in [-0.15, -0.1) is 22.0 Å². The topological polar surface area (TPSA) is 63.8 Å². The molecule has 0 aliphatic rings. The summed E-state index contributed by atoms with van der Waals surface area (Å²) < 4.78 is 5.16. The molecule has 1 atom stereocenters. The van der Waals surface area contributed by atoms with Crippen LogP contribution in [-0.4, -0.2) is 21.6 Å². The second kappa shape index (κ2) is 5.39. The Morgan fingerprint density at radius 2 is 2.06 bits per heavy atom. The Balaban J connectivity index is 2.13. The summed E-state index contributed by atoms with van der Waals surface area (Å²) in [6.07, 6.45) is 1.98. The lowest BCUT2D eigenvalue weighted by Gasteiger charge is -2.13. The summed E-state index contributed by atoms with van der Waals surface area (Å²) in [4.78, 5) is 0. The lowest BCUT2D eigenvalue weighted by Crippen LogP contribution is -2.10. The van der Waals surface area contributed by atoms with Crippen molar-refractivity contribution < 1.29 is 4.52 Å². The predicted molar refractivity (Wildman–Crippen MR) is 71.8 cm³/mol. The van der Waals surface area contributed by atoms with Crippen molar-refractivity contribution in [2.75, 3.05) is 11.6 Å². The van der Waals surface area contributed by atoms with Crippen LogP contribution in [0, 0.1) is 13.8 Å². The molecule has 2 heterocycles. The summed E-state index contributed by atoms with van der Waals surface area (Å²) in [6.45, 7) is 5.90. The Bertz CT molecular complexity index is 504. The zero-order valence-corrected chi connectivity index (χ0v) is 11.7. The summed E-state index contributed by atoms with van der Waals surface area (Å²) in [5, 5.41) is 16.4. The van der Waals surface area contributed by atoms with Crippen LogP contribution in [-0.2, 0) is 0 Å². The van der Waals surface area contributed by atoms with Crippen molar-refractivity contribution >= 4 is 17.6 Å². The molecule has 2 rings (SSSR count).